The van der Waals surface area contributed by atoms with Crippen molar-refractivity contribution in [1.82, 2.24) is 10.1 Å². The number of rotatable bonds is 5. The molecule has 0 aliphatic carbocycles. The van der Waals surface area contributed by atoms with Gasteiger partial charge in [-0.2, -0.15) is 4.98 Å². The van der Waals surface area contributed by atoms with Crippen LogP contribution in [0.5, 0.6) is 5.75 Å². The number of nitrogens with zero attached hydrogens (tertiary/aromatic N) is 2. The minimum Gasteiger partial charge on any atom is -0.482 e. The smallest absolute Gasteiger partial charge is 0.344 e. The number of carbonyl (C=O) groups excluding carboxylic acids is 1. The van der Waals surface area contributed by atoms with E-state index in [1.165, 1.54) is 0 Å². The third kappa shape index (κ3) is 4.96. The molecule has 124 valence electrons. The number of carbonyl (C=O) groups is 1. The van der Waals surface area contributed by atoms with E-state index in [0.29, 0.717) is 16.6 Å². The summed E-state index contributed by atoms with van der Waals surface area (Å²) in [6, 6.07) is 6.70. The van der Waals surface area contributed by atoms with Crippen LogP contribution in [0.3, 0.4) is 0 Å². The zero-order valence-electron chi connectivity index (χ0n) is 13.5. The summed E-state index contributed by atoms with van der Waals surface area (Å²) in [6.45, 7) is 7.36. The summed E-state index contributed by atoms with van der Waals surface area (Å²) in [6.07, 6.45) is -0.639. The summed E-state index contributed by atoms with van der Waals surface area (Å²) in [7, 11) is 0. The summed E-state index contributed by atoms with van der Waals surface area (Å²) < 4.78 is 15.7. The van der Waals surface area contributed by atoms with Gasteiger partial charge >= 0.3 is 5.97 Å². The van der Waals surface area contributed by atoms with Crippen LogP contribution in [0.1, 0.15) is 45.5 Å². The van der Waals surface area contributed by atoms with Gasteiger partial charge in [-0.3, -0.25) is 0 Å². The van der Waals surface area contributed by atoms with E-state index in [1.807, 2.05) is 20.8 Å². The van der Waals surface area contributed by atoms with Gasteiger partial charge in [0.2, 0.25) is 0 Å². The number of halogens is 1. The molecule has 1 aromatic carbocycles. The second-order valence-electron chi connectivity index (χ2n) is 6.08. The van der Waals surface area contributed by atoms with Crippen molar-refractivity contribution in [2.45, 2.75) is 39.2 Å². The Balaban J connectivity index is 1.87. The molecule has 1 heterocycles. The minimum absolute atomic E-state index is 0.216. The van der Waals surface area contributed by atoms with Gasteiger partial charge in [-0.05, 0) is 31.2 Å². The van der Waals surface area contributed by atoms with Gasteiger partial charge in [0, 0.05) is 10.4 Å². The minimum atomic E-state index is -0.639. The second-order valence-corrected chi connectivity index (χ2v) is 6.52. The summed E-state index contributed by atoms with van der Waals surface area (Å²) in [5.74, 6) is 0.831. The SMILES string of the molecule is CC(OC(=O)COc1ccc(Cl)cc1)c1nc(C(C)(C)C)no1. The van der Waals surface area contributed by atoms with E-state index in [9.17, 15) is 4.79 Å². The molecule has 0 spiro atoms. The molecule has 0 N–H and O–H groups in total. The fourth-order valence-electron chi connectivity index (χ4n) is 1.66. The number of hydrogen-bond acceptors (Lipinski definition) is 6. The monoisotopic (exact) mass is 338 g/mol. The number of hydrogen-bond donors (Lipinski definition) is 0. The maximum absolute atomic E-state index is 11.8. The van der Waals surface area contributed by atoms with Crippen LogP contribution < -0.4 is 4.74 Å². The van der Waals surface area contributed by atoms with Gasteiger partial charge in [0.1, 0.15) is 5.75 Å². The molecule has 6 nitrogen and oxygen atoms in total. The number of aromatic nitrogens is 2. The number of ether oxygens (including phenoxy) is 2. The lowest BCUT2D eigenvalue weighted by Gasteiger charge is -2.12. The molecule has 0 radical (unpaired) electrons. The molecule has 7 heteroatoms. The molecule has 0 aliphatic heterocycles. The standard InChI is InChI=1S/C16H19ClN2O4/c1-10(14-18-15(19-23-14)16(2,3)4)22-13(20)9-21-12-7-5-11(17)6-8-12/h5-8,10H,9H2,1-4H3. The lowest BCUT2D eigenvalue weighted by molar-refractivity contribution is -0.152. The second kappa shape index (κ2) is 7.00. The molecule has 1 unspecified atom stereocenters. The highest BCUT2D eigenvalue weighted by Crippen LogP contribution is 2.22. The summed E-state index contributed by atoms with van der Waals surface area (Å²) in [4.78, 5) is 16.1. The Morgan fingerprint density at radius 3 is 2.52 bits per heavy atom. The molecular weight excluding hydrogens is 320 g/mol. The Kier molecular flexibility index (Phi) is 5.26. The third-order valence-electron chi connectivity index (χ3n) is 2.94. The quantitative estimate of drug-likeness (QED) is 0.774. The summed E-state index contributed by atoms with van der Waals surface area (Å²) >= 11 is 5.77. The van der Waals surface area contributed by atoms with E-state index in [1.54, 1.807) is 31.2 Å². The first kappa shape index (κ1) is 17.3. The zero-order valence-corrected chi connectivity index (χ0v) is 14.3. The molecular formula is C16H19ClN2O4. The average molecular weight is 339 g/mol. The van der Waals surface area contributed by atoms with Crippen molar-refractivity contribution >= 4 is 17.6 Å². The molecule has 0 saturated carbocycles. The predicted octanol–water partition coefficient (Wildman–Crippen LogP) is 3.70. The van der Waals surface area contributed by atoms with E-state index in [4.69, 9.17) is 25.6 Å². The van der Waals surface area contributed by atoms with Gasteiger partial charge in [-0.1, -0.05) is 37.5 Å². The molecule has 23 heavy (non-hydrogen) atoms. The fourth-order valence-corrected chi connectivity index (χ4v) is 1.79. The van der Waals surface area contributed by atoms with E-state index in [0.717, 1.165) is 0 Å². The Hall–Kier alpha value is -2.08. The number of esters is 1. The van der Waals surface area contributed by atoms with Crippen LogP contribution in [0.15, 0.2) is 28.8 Å². The van der Waals surface area contributed by atoms with E-state index < -0.39 is 12.1 Å². The first-order valence-corrected chi connectivity index (χ1v) is 7.55. The van der Waals surface area contributed by atoms with Crippen molar-refractivity contribution < 1.29 is 18.8 Å². The van der Waals surface area contributed by atoms with Crippen LogP contribution in [0, 0.1) is 0 Å². The zero-order chi connectivity index (χ0) is 17.0. The molecule has 0 amide bonds. The lowest BCUT2D eigenvalue weighted by atomic mass is 9.96. The predicted molar refractivity (Wildman–Crippen MR) is 84.5 cm³/mol. The summed E-state index contributed by atoms with van der Waals surface area (Å²) in [5.41, 5.74) is -0.233. The van der Waals surface area contributed by atoms with E-state index >= 15 is 0 Å². The van der Waals surface area contributed by atoms with Gasteiger partial charge in [0.15, 0.2) is 18.5 Å². The van der Waals surface area contributed by atoms with Crippen LogP contribution in [-0.2, 0) is 14.9 Å². The molecule has 0 bridgehead atoms. The normalized spacial score (nSPS) is 12.7. The van der Waals surface area contributed by atoms with Crippen molar-refractivity contribution in [2.24, 2.45) is 0 Å². The van der Waals surface area contributed by atoms with Gasteiger partial charge in [-0.25, -0.2) is 4.79 Å². The van der Waals surface area contributed by atoms with Crippen molar-refractivity contribution in [3.8, 4) is 5.75 Å². The highest BCUT2D eigenvalue weighted by Gasteiger charge is 2.24. The molecule has 1 aromatic heterocycles. The molecule has 0 saturated heterocycles. The third-order valence-corrected chi connectivity index (χ3v) is 3.19. The van der Waals surface area contributed by atoms with Crippen LogP contribution in [-0.4, -0.2) is 22.7 Å². The Bertz CT molecular complexity index is 661. The van der Waals surface area contributed by atoms with Crippen molar-refractivity contribution in [1.29, 1.82) is 0 Å². The molecule has 0 fully saturated rings. The van der Waals surface area contributed by atoms with Crippen LogP contribution in [0.4, 0.5) is 0 Å². The average Bonchev–Trinajstić information content (AvgIpc) is 2.96. The van der Waals surface area contributed by atoms with Gasteiger partial charge in [0.25, 0.3) is 5.89 Å². The Morgan fingerprint density at radius 1 is 1.30 bits per heavy atom. The highest BCUT2D eigenvalue weighted by molar-refractivity contribution is 6.30. The molecule has 2 rings (SSSR count). The van der Waals surface area contributed by atoms with Gasteiger partial charge < -0.3 is 14.0 Å². The highest BCUT2D eigenvalue weighted by atomic mass is 35.5. The first-order valence-electron chi connectivity index (χ1n) is 7.17. The number of benzene rings is 1. The van der Waals surface area contributed by atoms with Gasteiger partial charge in [0.05, 0.1) is 0 Å². The largest absolute Gasteiger partial charge is 0.482 e. The first-order chi connectivity index (χ1) is 10.8. The lowest BCUT2D eigenvalue weighted by Crippen LogP contribution is -2.17. The topological polar surface area (TPSA) is 74.5 Å². The summed E-state index contributed by atoms with van der Waals surface area (Å²) in [5, 5.41) is 4.49. The Morgan fingerprint density at radius 2 is 1.96 bits per heavy atom. The molecule has 2 aromatic rings. The van der Waals surface area contributed by atoms with Crippen molar-refractivity contribution in [3.63, 3.8) is 0 Å². The van der Waals surface area contributed by atoms with Crippen LogP contribution in [0.25, 0.3) is 0 Å². The van der Waals surface area contributed by atoms with Crippen molar-refractivity contribution in [3.05, 3.63) is 41.0 Å². The maximum Gasteiger partial charge on any atom is 0.344 e. The van der Waals surface area contributed by atoms with Gasteiger partial charge in [-0.15, -0.1) is 0 Å². The maximum atomic E-state index is 11.8. The van der Waals surface area contributed by atoms with E-state index in [2.05, 4.69) is 10.1 Å². The molecule has 1 atom stereocenters. The fraction of sp³-hybridized carbons (Fsp3) is 0.438. The van der Waals surface area contributed by atoms with Crippen LogP contribution >= 0.6 is 11.6 Å². The Labute approximate surface area is 139 Å². The molecule has 0 aliphatic rings. The van der Waals surface area contributed by atoms with E-state index in [-0.39, 0.29) is 17.9 Å². The van der Waals surface area contributed by atoms with Crippen molar-refractivity contribution in [2.75, 3.05) is 6.61 Å². The van der Waals surface area contributed by atoms with Crippen LogP contribution in [0.2, 0.25) is 5.02 Å².